The fourth-order valence-electron chi connectivity index (χ4n) is 1.91. The lowest BCUT2D eigenvalue weighted by Gasteiger charge is -2.14. The van der Waals surface area contributed by atoms with Gasteiger partial charge in [0.1, 0.15) is 0 Å². The van der Waals surface area contributed by atoms with Crippen LogP contribution in [-0.2, 0) is 0 Å². The first-order valence-electron chi connectivity index (χ1n) is 5.87. The summed E-state index contributed by atoms with van der Waals surface area (Å²) in [7, 11) is 0. The number of nitrogens with two attached hydrogens (primary N) is 1. The van der Waals surface area contributed by atoms with Crippen LogP contribution in [0.2, 0.25) is 0 Å². The second kappa shape index (κ2) is 5.05. The second-order valence-corrected chi connectivity index (χ2v) is 4.62. The lowest BCUT2D eigenvalue weighted by molar-refractivity contribution is 0.444. The van der Waals surface area contributed by atoms with Crippen LogP contribution in [0.1, 0.15) is 28.3 Å². The van der Waals surface area contributed by atoms with E-state index in [9.17, 15) is 13.2 Å². The topological polar surface area (TPSA) is 26.0 Å². The van der Waals surface area contributed by atoms with E-state index in [0.717, 1.165) is 28.8 Å². The van der Waals surface area contributed by atoms with Crippen molar-refractivity contribution in [2.75, 3.05) is 0 Å². The molecule has 0 spiro atoms. The molecular weight excluding hydrogens is 251 g/mol. The van der Waals surface area contributed by atoms with Gasteiger partial charge in [-0.05, 0) is 48.2 Å². The Balaban J connectivity index is 2.43. The molecular formula is C15H14F3N. The Morgan fingerprint density at radius 2 is 1.42 bits per heavy atom. The largest absolute Gasteiger partial charge is 0.320 e. The second-order valence-electron chi connectivity index (χ2n) is 4.62. The molecule has 1 atom stereocenters. The zero-order valence-corrected chi connectivity index (χ0v) is 10.7. The maximum Gasteiger partial charge on any atom is 0.194 e. The SMILES string of the molecule is Cc1ccc(C(N)c2cc(F)c(F)c(F)c2)cc1C. The van der Waals surface area contributed by atoms with Gasteiger partial charge >= 0.3 is 0 Å². The van der Waals surface area contributed by atoms with E-state index in [1.54, 1.807) is 6.07 Å². The van der Waals surface area contributed by atoms with Crippen LogP contribution in [0, 0.1) is 31.3 Å². The van der Waals surface area contributed by atoms with Crippen LogP contribution in [0.15, 0.2) is 30.3 Å². The number of halogens is 3. The Labute approximate surface area is 109 Å². The Hall–Kier alpha value is -1.81. The molecule has 4 heteroatoms. The van der Waals surface area contributed by atoms with Gasteiger partial charge in [-0.15, -0.1) is 0 Å². The minimum absolute atomic E-state index is 0.208. The van der Waals surface area contributed by atoms with Gasteiger partial charge in [0.15, 0.2) is 17.5 Å². The van der Waals surface area contributed by atoms with Crippen molar-refractivity contribution >= 4 is 0 Å². The molecule has 1 nitrogen and oxygen atoms in total. The summed E-state index contributed by atoms with van der Waals surface area (Å²) >= 11 is 0. The normalized spacial score (nSPS) is 12.5. The Morgan fingerprint density at radius 1 is 0.842 bits per heavy atom. The fourth-order valence-corrected chi connectivity index (χ4v) is 1.91. The molecule has 0 heterocycles. The zero-order chi connectivity index (χ0) is 14.2. The van der Waals surface area contributed by atoms with Gasteiger partial charge in [-0.1, -0.05) is 18.2 Å². The molecule has 0 bridgehead atoms. The molecule has 19 heavy (non-hydrogen) atoms. The van der Waals surface area contributed by atoms with Crippen LogP contribution in [-0.4, -0.2) is 0 Å². The van der Waals surface area contributed by atoms with Crippen molar-refractivity contribution in [2.45, 2.75) is 19.9 Å². The van der Waals surface area contributed by atoms with Crippen LogP contribution < -0.4 is 5.73 Å². The van der Waals surface area contributed by atoms with Crippen LogP contribution in [0.3, 0.4) is 0 Å². The molecule has 0 saturated heterocycles. The smallest absolute Gasteiger partial charge is 0.194 e. The lowest BCUT2D eigenvalue weighted by atomic mass is 9.96. The number of rotatable bonds is 2. The predicted molar refractivity (Wildman–Crippen MR) is 68.3 cm³/mol. The molecule has 0 aromatic heterocycles. The van der Waals surface area contributed by atoms with Crippen molar-refractivity contribution in [1.29, 1.82) is 0 Å². The summed E-state index contributed by atoms with van der Waals surface area (Å²) in [6.45, 7) is 3.89. The summed E-state index contributed by atoms with van der Waals surface area (Å²) in [6.07, 6.45) is 0. The standard InChI is InChI=1S/C15H14F3N/c1-8-3-4-10(5-9(8)2)15(19)11-6-12(16)14(18)13(17)7-11/h3-7,15H,19H2,1-2H3. The van der Waals surface area contributed by atoms with E-state index < -0.39 is 23.5 Å². The molecule has 0 saturated carbocycles. The summed E-state index contributed by atoms with van der Waals surface area (Å²) < 4.78 is 39.3. The highest BCUT2D eigenvalue weighted by Gasteiger charge is 2.16. The highest BCUT2D eigenvalue weighted by molar-refractivity contribution is 5.37. The van der Waals surface area contributed by atoms with Crippen molar-refractivity contribution in [3.63, 3.8) is 0 Å². The molecule has 0 aliphatic heterocycles. The molecule has 0 amide bonds. The molecule has 0 radical (unpaired) electrons. The lowest BCUT2D eigenvalue weighted by Crippen LogP contribution is -2.13. The quantitative estimate of drug-likeness (QED) is 0.822. The van der Waals surface area contributed by atoms with Crippen molar-refractivity contribution in [3.05, 3.63) is 70.0 Å². The molecule has 2 aromatic rings. The summed E-state index contributed by atoms with van der Waals surface area (Å²) in [5.74, 6) is -3.93. The van der Waals surface area contributed by atoms with Crippen LogP contribution in [0.25, 0.3) is 0 Å². The Bertz CT molecular complexity index is 600. The minimum atomic E-state index is -1.48. The molecule has 0 aliphatic carbocycles. The first-order valence-corrected chi connectivity index (χ1v) is 5.87. The van der Waals surface area contributed by atoms with E-state index in [1.165, 1.54) is 0 Å². The van der Waals surface area contributed by atoms with E-state index in [0.29, 0.717) is 0 Å². The maximum absolute atomic E-state index is 13.2. The summed E-state index contributed by atoms with van der Waals surface area (Å²) in [4.78, 5) is 0. The maximum atomic E-state index is 13.2. The average Bonchev–Trinajstić information content (AvgIpc) is 2.37. The molecule has 2 N–H and O–H groups in total. The van der Waals surface area contributed by atoms with Crippen molar-refractivity contribution < 1.29 is 13.2 Å². The van der Waals surface area contributed by atoms with Crippen LogP contribution in [0.4, 0.5) is 13.2 Å². The first kappa shape index (κ1) is 13.6. The summed E-state index contributed by atoms with van der Waals surface area (Å²) in [5, 5.41) is 0. The summed E-state index contributed by atoms with van der Waals surface area (Å²) in [5.41, 5.74) is 9.05. The van der Waals surface area contributed by atoms with Gasteiger partial charge in [0.25, 0.3) is 0 Å². The Kier molecular flexibility index (Phi) is 3.62. The van der Waals surface area contributed by atoms with Gasteiger partial charge in [0, 0.05) is 0 Å². The molecule has 2 rings (SSSR count). The van der Waals surface area contributed by atoms with Crippen LogP contribution in [0.5, 0.6) is 0 Å². The number of benzene rings is 2. The first-order chi connectivity index (χ1) is 8.90. The third-order valence-corrected chi connectivity index (χ3v) is 3.26. The van der Waals surface area contributed by atoms with Crippen molar-refractivity contribution in [3.8, 4) is 0 Å². The Morgan fingerprint density at radius 3 is 1.95 bits per heavy atom. The average molecular weight is 265 g/mol. The molecule has 100 valence electrons. The monoisotopic (exact) mass is 265 g/mol. The van der Waals surface area contributed by atoms with Gasteiger partial charge in [-0.3, -0.25) is 0 Å². The minimum Gasteiger partial charge on any atom is -0.320 e. The molecule has 0 aliphatic rings. The van der Waals surface area contributed by atoms with E-state index in [2.05, 4.69) is 0 Å². The van der Waals surface area contributed by atoms with E-state index in [4.69, 9.17) is 5.73 Å². The fraction of sp³-hybridized carbons (Fsp3) is 0.200. The third-order valence-electron chi connectivity index (χ3n) is 3.26. The van der Waals surface area contributed by atoms with Gasteiger partial charge in [-0.25, -0.2) is 13.2 Å². The van der Waals surface area contributed by atoms with Gasteiger partial charge in [-0.2, -0.15) is 0 Å². The van der Waals surface area contributed by atoms with E-state index >= 15 is 0 Å². The zero-order valence-electron chi connectivity index (χ0n) is 10.7. The number of aryl methyl sites for hydroxylation is 2. The molecule has 1 unspecified atom stereocenters. The van der Waals surface area contributed by atoms with Gasteiger partial charge in [0.05, 0.1) is 6.04 Å². The summed E-state index contributed by atoms with van der Waals surface area (Å²) in [6, 6.07) is 6.71. The number of hydrogen-bond acceptors (Lipinski definition) is 1. The predicted octanol–water partition coefficient (Wildman–Crippen LogP) is 3.77. The highest BCUT2D eigenvalue weighted by atomic mass is 19.2. The van der Waals surface area contributed by atoms with E-state index in [-0.39, 0.29) is 5.56 Å². The van der Waals surface area contributed by atoms with Gasteiger partial charge in [0.2, 0.25) is 0 Å². The van der Waals surface area contributed by atoms with Crippen molar-refractivity contribution in [1.82, 2.24) is 0 Å². The third kappa shape index (κ3) is 2.63. The molecule has 0 fully saturated rings. The number of hydrogen-bond donors (Lipinski definition) is 1. The molecule has 2 aromatic carbocycles. The van der Waals surface area contributed by atoms with Crippen molar-refractivity contribution in [2.24, 2.45) is 5.73 Å². The van der Waals surface area contributed by atoms with Crippen LogP contribution >= 0.6 is 0 Å². The van der Waals surface area contributed by atoms with E-state index in [1.807, 2.05) is 26.0 Å². The van der Waals surface area contributed by atoms with Gasteiger partial charge < -0.3 is 5.73 Å². The highest BCUT2D eigenvalue weighted by Crippen LogP contribution is 2.24.